The Balaban J connectivity index is 0.00000272. The first-order valence-corrected chi connectivity index (χ1v) is 11.5. The second-order valence-electron chi connectivity index (χ2n) is 8.82. The van der Waals surface area contributed by atoms with Gasteiger partial charge in [-0.05, 0) is 44.2 Å². The number of piperidine rings is 1. The Morgan fingerprint density at radius 1 is 1.13 bits per heavy atom. The van der Waals surface area contributed by atoms with Gasteiger partial charge in [-0.15, -0.1) is 24.0 Å². The van der Waals surface area contributed by atoms with E-state index in [1.807, 2.05) is 7.05 Å². The molecule has 1 saturated carbocycles. The van der Waals surface area contributed by atoms with Gasteiger partial charge in [0.15, 0.2) is 5.96 Å². The van der Waals surface area contributed by atoms with Gasteiger partial charge in [0.25, 0.3) is 0 Å². The number of hydrogen-bond acceptors (Lipinski definition) is 3. The van der Waals surface area contributed by atoms with E-state index >= 15 is 0 Å². The Bertz CT molecular complexity index is 814. The summed E-state index contributed by atoms with van der Waals surface area (Å²) in [6.07, 6.45) is 9.58. The minimum absolute atomic E-state index is 0. The molecule has 2 heterocycles. The molecule has 1 aromatic carbocycles. The number of guanidine groups is 1. The monoisotopic (exact) mass is 536 g/mol. The largest absolute Gasteiger partial charge is 0.354 e. The Hall–Kier alpha value is -1.61. The third-order valence-corrected chi connectivity index (χ3v) is 6.61. The topological polar surface area (TPSA) is 57.5 Å². The fourth-order valence-corrected chi connectivity index (χ4v) is 4.81. The summed E-state index contributed by atoms with van der Waals surface area (Å²) in [5, 5.41) is 11.9. The molecule has 1 aliphatic carbocycles. The zero-order valence-corrected chi connectivity index (χ0v) is 21.2. The number of rotatable bonds is 6. The molecule has 0 bridgehead atoms. The van der Waals surface area contributed by atoms with Gasteiger partial charge in [-0.2, -0.15) is 5.10 Å². The van der Waals surface area contributed by atoms with Crippen LogP contribution >= 0.6 is 24.0 Å². The van der Waals surface area contributed by atoms with E-state index in [1.165, 1.54) is 31.2 Å². The van der Waals surface area contributed by atoms with Crippen LogP contribution in [0.4, 0.5) is 0 Å². The highest BCUT2D eigenvalue weighted by Gasteiger charge is 2.26. The van der Waals surface area contributed by atoms with Crippen LogP contribution in [-0.4, -0.2) is 46.3 Å². The maximum Gasteiger partial charge on any atom is 0.191 e. The first-order valence-electron chi connectivity index (χ1n) is 11.5. The van der Waals surface area contributed by atoms with Crippen molar-refractivity contribution < 1.29 is 0 Å². The SMILES string of the molecule is CN=C(NCc1ccn(C2CCCC2)n1)NC1CCN(Cc2ccccc2)C(C)C1.I. The molecule has 1 aliphatic heterocycles. The van der Waals surface area contributed by atoms with E-state index in [1.54, 1.807) is 0 Å². The van der Waals surface area contributed by atoms with Crippen LogP contribution in [0.5, 0.6) is 0 Å². The van der Waals surface area contributed by atoms with E-state index in [9.17, 15) is 0 Å². The smallest absolute Gasteiger partial charge is 0.191 e. The molecule has 2 unspecified atom stereocenters. The molecule has 4 rings (SSSR count). The van der Waals surface area contributed by atoms with Crippen molar-refractivity contribution in [1.29, 1.82) is 0 Å². The Labute approximate surface area is 203 Å². The summed E-state index contributed by atoms with van der Waals surface area (Å²) in [6.45, 7) is 5.19. The van der Waals surface area contributed by atoms with Gasteiger partial charge < -0.3 is 10.6 Å². The first-order chi connectivity index (χ1) is 14.7. The number of nitrogens with one attached hydrogen (secondary N) is 2. The van der Waals surface area contributed by atoms with Crippen LogP contribution in [0.25, 0.3) is 0 Å². The van der Waals surface area contributed by atoms with Crippen LogP contribution in [0, 0.1) is 0 Å². The normalized spacial score (nSPS) is 22.8. The lowest BCUT2D eigenvalue weighted by Crippen LogP contribution is -2.51. The van der Waals surface area contributed by atoms with E-state index in [2.05, 4.69) is 74.7 Å². The zero-order chi connectivity index (χ0) is 20.8. The third-order valence-electron chi connectivity index (χ3n) is 6.61. The van der Waals surface area contributed by atoms with Gasteiger partial charge in [0.2, 0.25) is 0 Å². The standard InChI is InChI=1S/C24H36N6.HI/c1-19-16-21(12-14-29(19)18-20-8-4-3-5-9-20)27-24(25-2)26-17-22-13-15-30(28-22)23-10-6-7-11-23;/h3-5,8-9,13,15,19,21,23H,6-7,10-12,14,16-18H2,1-2H3,(H2,25,26,27);1H. The first kappa shape index (κ1) is 24.0. The molecular formula is C24H37IN6. The van der Waals surface area contributed by atoms with Gasteiger partial charge in [-0.1, -0.05) is 43.2 Å². The summed E-state index contributed by atoms with van der Waals surface area (Å²) in [5.74, 6) is 0.874. The van der Waals surface area contributed by atoms with E-state index in [0.717, 1.165) is 37.6 Å². The van der Waals surface area contributed by atoms with Crippen molar-refractivity contribution in [3.05, 3.63) is 53.9 Å². The minimum atomic E-state index is 0. The third kappa shape index (κ3) is 6.68. The summed E-state index contributed by atoms with van der Waals surface area (Å²) < 4.78 is 2.16. The molecule has 2 fully saturated rings. The average molecular weight is 537 g/mol. The Kier molecular flexibility index (Phi) is 9.19. The minimum Gasteiger partial charge on any atom is -0.354 e. The molecule has 1 aromatic heterocycles. The molecule has 6 nitrogen and oxygen atoms in total. The lowest BCUT2D eigenvalue weighted by molar-refractivity contribution is 0.134. The van der Waals surface area contributed by atoms with Crippen molar-refractivity contribution in [1.82, 2.24) is 25.3 Å². The van der Waals surface area contributed by atoms with Crippen molar-refractivity contribution in [2.24, 2.45) is 4.99 Å². The van der Waals surface area contributed by atoms with E-state index in [4.69, 9.17) is 5.10 Å². The molecule has 2 aromatic rings. The van der Waals surface area contributed by atoms with E-state index in [-0.39, 0.29) is 24.0 Å². The molecule has 1 saturated heterocycles. The van der Waals surface area contributed by atoms with Crippen molar-refractivity contribution in [3.8, 4) is 0 Å². The highest BCUT2D eigenvalue weighted by atomic mass is 127. The van der Waals surface area contributed by atoms with Gasteiger partial charge in [-0.3, -0.25) is 14.6 Å². The second-order valence-corrected chi connectivity index (χ2v) is 8.82. The van der Waals surface area contributed by atoms with Crippen LogP contribution in [0.1, 0.15) is 62.7 Å². The molecule has 2 N–H and O–H groups in total. The number of benzene rings is 1. The van der Waals surface area contributed by atoms with Gasteiger partial charge in [-0.25, -0.2) is 0 Å². The summed E-state index contributed by atoms with van der Waals surface area (Å²) >= 11 is 0. The van der Waals surface area contributed by atoms with Crippen LogP contribution in [0.2, 0.25) is 0 Å². The number of nitrogens with zero attached hydrogens (tertiary/aromatic N) is 4. The molecule has 31 heavy (non-hydrogen) atoms. The van der Waals surface area contributed by atoms with Gasteiger partial charge in [0.1, 0.15) is 0 Å². The van der Waals surface area contributed by atoms with Crippen LogP contribution in [-0.2, 0) is 13.1 Å². The van der Waals surface area contributed by atoms with Crippen LogP contribution in [0.3, 0.4) is 0 Å². The number of likely N-dealkylation sites (tertiary alicyclic amines) is 1. The van der Waals surface area contributed by atoms with Gasteiger partial charge in [0.05, 0.1) is 18.3 Å². The summed E-state index contributed by atoms with van der Waals surface area (Å²) in [5.41, 5.74) is 2.47. The van der Waals surface area contributed by atoms with Crippen molar-refractivity contribution >= 4 is 29.9 Å². The zero-order valence-electron chi connectivity index (χ0n) is 18.8. The molecule has 0 amide bonds. The Morgan fingerprint density at radius 2 is 1.90 bits per heavy atom. The highest BCUT2D eigenvalue weighted by Crippen LogP contribution is 2.28. The van der Waals surface area contributed by atoms with Crippen molar-refractivity contribution in [3.63, 3.8) is 0 Å². The fraction of sp³-hybridized carbons (Fsp3) is 0.583. The lowest BCUT2D eigenvalue weighted by atomic mass is 9.97. The summed E-state index contributed by atoms with van der Waals surface area (Å²) in [4.78, 5) is 7.02. The maximum absolute atomic E-state index is 4.77. The molecule has 0 spiro atoms. The number of aliphatic imine (C=N–C) groups is 1. The molecule has 170 valence electrons. The molecule has 2 atom stereocenters. The fourth-order valence-electron chi connectivity index (χ4n) is 4.81. The molecular weight excluding hydrogens is 499 g/mol. The lowest BCUT2D eigenvalue weighted by Gasteiger charge is -2.38. The van der Waals surface area contributed by atoms with E-state index < -0.39 is 0 Å². The number of hydrogen-bond donors (Lipinski definition) is 2. The van der Waals surface area contributed by atoms with Crippen molar-refractivity contribution in [2.75, 3.05) is 13.6 Å². The highest BCUT2D eigenvalue weighted by molar-refractivity contribution is 14.0. The quantitative estimate of drug-likeness (QED) is 0.328. The average Bonchev–Trinajstić information content (AvgIpc) is 3.45. The predicted molar refractivity (Wildman–Crippen MR) is 138 cm³/mol. The summed E-state index contributed by atoms with van der Waals surface area (Å²) in [7, 11) is 1.85. The summed E-state index contributed by atoms with van der Waals surface area (Å²) in [6, 6.07) is 14.5. The molecule has 0 radical (unpaired) electrons. The Morgan fingerprint density at radius 3 is 2.61 bits per heavy atom. The molecule has 2 aliphatic rings. The van der Waals surface area contributed by atoms with Crippen LogP contribution < -0.4 is 10.6 Å². The van der Waals surface area contributed by atoms with Crippen molar-refractivity contribution in [2.45, 2.75) is 76.7 Å². The van der Waals surface area contributed by atoms with Gasteiger partial charge >= 0.3 is 0 Å². The van der Waals surface area contributed by atoms with Gasteiger partial charge in [0, 0.05) is 38.4 Å². The molecule has 7 heteroatoms. The number of halogens is 1. The second kappa shape index (κ2) is 11.9. The van der Waals surface area contributed by atoms with Crippen LogP contribution in [0.15, 0.2) is 47.6 Å². The number of aromatic nitrogens is 2. The van der Waals surface area contributed by atoms with E-state index in [0.29, 0.717) is 24.7 Å². The maximum atomic E-state index is 4.77. The predicted octanol–water partition coefficient (Wildman–Crippen LogP) is 4.33.